The lowest BCUT2D eigenvalue weighted by Gasteiger charge is -2.25. The van der Waals surface area contributed by atoms with Crippen LogP contribution in [-0.2, 0) is 9.59 Å². The van der Waals surface area contributed by atoms with Crippen molar-refractivity contribution in [3.05, 3.63) is 94.8 Å². The van der Waals surface area contributed by atoms with Crippen molar-refractivity contribution in [3.8, 4) is 5.75 Å². The topological polar surface area (TPSA) is 79.7 Å². The van der Waals surface area contributed by atoms with Crippen molar-refractivity contribution < 1.29 is 28.2 Å². The molecule has 0 radical (unpaired) electrons. The quantitative estimate of drug-likeness (QED) is 0.375. The van der Waals surface area contributed by atoms with Crippen molar-refractivity contribution in [2.24, 2.45) is 0 Å². The number of aromatic nitrogens is 1. The summed E-state index contributed by atoms with van der Waals surface area (Å²) >= 11 is 0. The minimum Gasteiger partial charge on any atom is -0.507 e. The smallest absolute Gasteiger partial charge is 0.300 e. The molecule has 1 saturated heterocycles. The summed E-state index contributed by atoms with van der Waals surface area (Å²) in [5, 5.41) is 11.1. The zero-order valence-corrected chi connectivity index (χ0v) is 17.2. The van der Waals surface area contributed by atoms with E-state index >= 15 is 0 Å². The second-order valence-corrected chi connectivity index (χ2v) is 7.23. The third kappa shape index (κ3) is 3.49. The number of pyridine rings is 1. The van der Waals surface area contributed by atoms with Gasteiger partial charge in [-0.3, -0.25) is 19.5 Å². The maximum absolute atomic E-state index is 14.0. The van der Waals surface area contributed by atoms with Crippen molar-refractivity contribution >= 4 is 23.1 Å². The molecule has 1 N–H and O–H groups in total. The van der Waals surface area contributed by atoms with Crippen molar-refractivity contribution in [3.63, 3.8) is 0 Å². The van der Waals surface area contributed by atoms with Gasteiger partial charge in [0.2, 0.25) is 0 Å². The van der Waals surface area contributed by atoms with Gasteiger partial charge in [-0.25, -0.2) is 8.78 Å². The molecule has 32 heavy (non-hydrogen) atoms. The van der Waals surface area contributed by atoms with Crippen LogP contribution < -0.4 is 9.64 Å². The van der Waals surface area contributed by atoms with E-state index in [1.807, 2.05) is 0 Å². The fourth-order valence-corrected chi connectivity index (χ4v) is 3.77. The van der Waals surface area contributed by atoms with Gasteiger partial charge in [0, 0.05) is 29.7 Å². The molecule has 0 spiro atoms. The number of hydrogen-bond acceptors (Lipinski definition) is 5. The summed E-state index contributed by atoms with van der Waals surface area (Å²) in [6, 6.07) is 9.90. The number of aliphatic hydroxyl groups is 1. The number of benzene rings is 2. The van der Waals surface area contributed by atoms with Crippen LogP contribution >= 0.6 is 0 Å². The molecule has 1 aliphatic heterocycles. The van der Waals surface area contributed by atoms with E-state index in [2.05, 4.69) is 4.98 Å². The Morgan fingerprint density at radius 1 is 1.03 bits per heavy atom. The first-order valence-corrected chi connectivity index (χ1v) is 9.64. The molecule has 1 aliphatic rings. The van der Waals surface area contributed by atoms with Crippen LogP contribution in [0.1, 0.15) is 22.7 Å². The van der Waals surface area contributed by atoms with Gasteiger partial charge in [0.05, 0.1) is 18.7 Å². The Kier molecular flexibility index (Phi) is 5.44. The van der Waals surface area contributed by atoms with E-state index in [9.17, 15) is 23.5 Å². The summed E-state index contributed by atoms with van der Waals surface area (Å²) in [4.78, 5) is 31.0. The van der Waals surface area contributed by atoms with Crippen molar-refractivity contribution in [1.29, 1.82) is 0 Å². The molecule has 162 valence electrons. The van der Waals surface area contributed by atoms with E-state index in [1.165, 1.54) is 25.6 Å². The van der Waals surface area contributed by atoms with Crippen molar-refractivity contribution in [2.45, 2.75) is 13.0 Å². The number of ether oxygens (including phenoxy) is 1. The number of aryl methyl sites for hydroxylation is 1. The standard InChI is InChI=1S/C24H18F2N2O4/c1-13-11-16(32-2)4-5-17(13)22(29)20-21(14-7-9-27-10-8-14)28(24(31)23(20)30)15-3-6-18(25)19(26)12-15/h3-12,21,29H,1-2H3/b22-20+. The van der Waals surface area contributed by atoms with Gasteiger partial charge in [0.15, 0.2) is 11.6 Å². The predicted octanol–water partition coefficient (Wildman–Crippen LogP) is 4.30. The lowest BCUT2D eigenvalue weighted by molar-refractivity contribution is -0.132. The first-order chi connectivity index (χ1) is 15.3. The number of carbonyl (C=O) groups is 2. The van der Waals surface area contributed by atoms with Gasteiger partial charge in [-0.15, -0.1) is 0 Å². The second-order valence-electron chi connectivity index (χ2n) is 7.23. The van der Waals surface area contributed by atoms with E-state index < -0.39 is 29.4 Å². The number of amides is 1. The highest BCUT2D eigenvalue weighted by Crippen LogP contribution is 2.42. The zero-order chi connectivity index (χ0) is 23.0. The number of carbonyl (C=O) groups excluding carboxylic acids is 2. The second kappa shape index (κ2) is 8.22. The van der Waals surface area contributed by atoms with Crippen LogP contribution in [0.4, 0.5) is 14.5 Å². The number of Topliss-reactive ketones (excluding diaryl/α,β-unsaturated/α-hetero) is 1. The van der Waals surface area contributed by atoms with Crippen LogP contribution in [0.2, 0.25) is 0 Å². The molecule has 1 unspecified atom stereocenters. The molecular weight excluding hydrogens is 418 g/mol. The molecule has 1 aromatic heterocycles. The molecule has 4 rings (SSSR count). The van der Waals surface area contributed by atoms with Gasteiger partial charge >= 0.3 is 0 Å². The maximum Gasteiger partial charge on any atom is 0.300 e. The first-order valence-electron chi connectivity index (χ1n) is 9.64. The molecule has 3 aromatic rings. The fourth-order valence-electron chi connectivity index (χ4n) is 3.77. The number of nitrogens with zero attached hydrogens (tertiary/aromatic N) is 2. The lowest BCUT2D eigenvalue weighted by atomic mass is 9.94. The number of halogens is 2. The summed E-state index contributed by atoms with van der Waals surface area (Å²) in [6.07, 6.45) is 2.94. The highest BCUT2D eigenvalue weighted by atomic mass is 19.2. The van der Waals surface area contributed by atoms with Crippen LogP contribution in [0.25, 0.3) is 5.76 Å². The average molecular weight is 436 g/mol. The Labute approximate surface area is 182 Å². The highest BCUT2D eigenvalue weighted by Gasteiger charge is 2.47. The third-order valence-electron chi connectivity index (χ3n) is 5.34. The number of hydrogen-bond donors (Lipinski definition) is 1. The molecule has 0 bridgehead atoms. The Hall–Kier alpha value is -4.07. The number of ketones is 1. The summed E-state index contributed by atoms with van der Waals surface area (Å²) in [6.45, 7) is 1.73. The summed E-state index contributed by atoms with van der Waals surface area (Å²) < 4.78 is 32.6. The van der Waals surface area contributed by atoms with E-state index in [4.69, 9.17) is 4.74 Å². The largest absolute Gasteiger partial charge is 0.507 e. The van der Waals surface area contributed by atoms with E-state index in [1.54, 1.807) is 37.3 Å². The Balaban J connectivity index is 1.95. The summed E-state index contributed by atoms with van der Waals surface area (Å²) in [5.41, 5.74) is 1.25. The SMILES string of the molecule is COc1ccc(/C(O)=C2\C(=O)C(=O)N(c3ccc(F)c(F)c3)C2c2ccncc2)c(C)c1. The fraction of sp³-hybridized carbons (Fsp3) is 0.125. The number of rotatable bonds is 4. The van der Waals surface area contributed by atoms with Crippen molar-refractivity contribution in [1.82, 2.24) is 4.98 Å². The van der Waals surface area contributed by atoms with Gasteiger partial charge < -0.3 is 9.84 Å². The monoisotopic (exact) mass is 436 g/mol. The molecule has 2 aromatic carbocycles. The molecule has 8 heteroatoms. The summed E-state index contributed by atoms with van der Waals surface area (Å²) in [5.74, 6) is -3.97. The zero-order valence-electron chi connectivity index (χ0n) is 17.2. The molecule has 2 heterocycles. The van der Waals surface area contributed by atoms with Gasteiger partial charge in [-0.05, 0) is 60.5 Å². The van der Waals surface area contributed by atoms with Crippen molar-refractivity contribution in [2.75, 3.05) is 12.0 Å². The minimum atomic E-state index is -1.16. The van der Waals surface area contributed by atoms with Gasteiger partial charge in [0.1, 0.15) is 11.5 Å². The van der Waals surface area contributed by atoms with Crippen LogP contribution in [0, 0.1) is 18.6 Å². The van der Waals surface area contributed by atoms with Crippen LogP contribution in [0.3, 0.4) is 0 Å². The van der Waals surface area contributed by atoms with Crippen LogP contribution in [-0.4, -0.2) is 28.9 Å². The maximum atomic E-state index is 14.0. The minimum absolute atomic E-state index is 0.0154. The van der Waals surface area contributed by atoms with Crippen LogP contribution in [0.15, 0.2) is 66.5 Å². The van der Waals surface area contributed by atoms with Crippen LogP contribution in [0.5, 0.6) is 5.75 Å². The Morgan fingerprint density at radius 2 is 1.75 bits per heavy atom. The molecule has 6 nitrogen and oxygen atoms in total. The number of anilines is 1. The first kappa shape index (κ1) is 21.2. The predicted molar refractivity (Wildman–Crippen MR) is 113 cm³/mol. The normalized spacial score (nSPS) is 17.6. The molecular formula is C24H18F2N2O4. The Bertz CT molecular complexity index is 1260. The highest BCUT2D eigenvalue weighted by molar-refractivity contribution is 6.51. The third-order valence-corrected chi connectivity index (χ3v) is 5.34. The van der Waals surface area contributed by atoms with E-state index in [0.29, 0.717) is 22.4 Å². The average Bonchev–Trinajstić information content (AvgIpc) is 3.06. The number of aliphatic hydroxyl groups excluding tert-OH is 1. The number of methoxy groups -OCH3 is 1. The molecule has 0 saturated carbocycles. The molecule has 1 fully saturated rings. The van der Waals surface area contributed by atoms with E-state index in [-0.39, 0.29) is 17.0 Å². The lowest BCUT2D eigenvalue weighted by Crippen LogP contribution is -2.29. The summed E-state index contributed by atoms with van der Waals surface area (Å²) in [7, 11) is 1.51. The van der Waals surface area contributed by atoms with Gasteiger partial charge in [-0.2, -0.15) is 0 Å². The molecule has 1 atom stereocenters. The van der Waals surface area contributed by atoms with Gasteiger partial charge in [-0.1, -0.05) is 0 Å². The van der Waals surface area contributed by atoms with E-state index in [0.717, 1.165) is 17.0 Å². The molecule has 0 aliphatic carbocycles. The van der Waals surface area contributed by atoms with Gasteiger partial charge in [0.25, 0.3) is 11.7 Å². The Morgan fingerprint density at radius 3 is 2.38 bits per heavy atom. The molecule has 1 amide bonds.